The van der Waals surface area contributed by atoms with Crippen LogP contribution in [0, 0.1) is 0 Å². The third-order valence-corrected chi connectivity index (χ3v) is 5.51. The van der Waals surface area contributed by atoms with Crippen LogP contribution in [0.5, 0.6) is 5.75 Å². The lowest BCUT2D eigenvalue weighted by atomic mass is 10.1. The van der Waals surface area contributed by atoms with Gasteiger partial charge in [0.2, 0.25) is 5.78 Å². The number of aryl methyl sites for hydroxylation is 1. The summed E-state index contributed by atoms with van der Waals surface area (Å²) in [6.07, 6.45) is 8.18. The average molecular weight is 449 g/mol. The Bertz CT molecular complexity index is 904. The van der Waals surface area contributed by atoms with E-state index < -0.39 is 24.0 Å². The summed E-state index contributed by atoms with van der Waals surface area (Å²) in [4.78, 5) is 36.0. The fourth-order valence-corrected chi connectivity index (χ4v) is 3.59. The number of aliphatic carboxylic acids is 2. The van der Waals surface area contributed by atoms with Crippen LogP contribution in [0.4, 0.5) is 0 Å². The maximum Gasteiger partial charge on any atom is 0.320 e. The quantitative estimate of drug-likeness (QED) is 0.221. The van der Waals surface area contributed by atoms with Gasteiger partial charge in [0, 0.05) is 31.1 Å². The number of hydrogen-bond acceptors (Lipinski definition) is 7. The minimum absolute atomic E-state index is 0.0458. The van der Waals surface area contributed by atoms with E-state index in [-0.39, 0.29) is 11.5 Å². The fraction of sp³-hybridized carbons (Fsp3) is 0.500. The lowest BCUT2D eigenvalue weighted by molar-refractivity contribution is -0.139. The van der Waals surface area contributed by atoms with E-state index in [1.165, 1.54) is 6.08 Å². The summed E-state index contributed by atoms with van der Waals surface area (Å²) in [5, 5.41) is 28.0. The first kappa shape index (κ1) is 25.2. The number of carbonyl (C=O) groups excluding carboxylic acids is 1. The van der Waals surface area contributed by atoms with Crippen LogP contribution in [0.2, 0.25) is 0 Å². The van der Waals surface area contributed by atoms with Gasteiger partial charge >= 0.3 is 11.9 Å². The highest BCUT2D eigenvalue weighted by atomic mass is 16.4. The molecule has 2 rings (SSSR count). The topological polar surface area (TPSA) is 172 Å². The van der Waals surface area contributed by atoms with Crippen LogP contribution in [-0.2, 0) is 20.9 Å². The van der Waals surface area contributed by atoms with Crippen LogP contribution in [0.25, 0.3) is 6.08 Å². The SMILES string of the molecule is CC1=CC(=O)/C(=C\c2c(O)ccn2CCCC[C@H](N)C(=O)O)N1CCCC[C@H](N)C(=O)O. The molecule has 7 N–H and O–H groups in total. The smallest absolute Gasteiger partial charge is 0.320 e. The zero-order chi connectivity index (χ0) is 23.8. The van der Waals surface area contributed by atoms with E-state index in [1.807, 2.05) is 16.4 Å². The molecule has 0 spiro atoms. The van der Waals surface area contributed by atoms with Crippen molar-refractivity contribution in [2.75, 3.05) is 6.54 Å². The monoisotopic (exact) mass is 448 g/mol. The second-order valence-corrected chi connectivity index (χ2v) is 7.99. The molecular weight excluding hydrogens is 416 g/mol. The van der Waals surface area contributed by atoms with Gasteiger partial charge in [-0.3, -0.25) is 14.4 Å². The number of carboxylic acid groups (broad SMARTS) is 2. The second kappa shape index (κ2) is 11.5. The summed E-state index contributed by atoms with van der Waals surface area (Å²) < 4.78 is 1.82. The van der Waals surface area contributed by atoms with E-state index in [4.69, 9.17) is 21.7 Å². The zero-order valence-electron chi connectivity index (χ0n) is 18.2. The normalized spacial score (nSPS) is 17.0. The van der Waals surface area contributed by atoms with Crippen molar-refractivity contribution in [1.29, 1.82) is 0 Å². The van der Waals surface area contributed by atoms with Crippen molar-refractivity contribution in [3.63, 3.8) is 0 Å². The summed E-state index contributed by atoms with van der Waals surface area (Å²) in [5.74, 6) is -2.17. The Morgan fingerprint density at radius 2 is 1.59 bits per heavy atom. The Morgan fingerprint density at radius 1 is 1.03 bits per heavy atom. The molecule has 2 heterocycles. The molecule has 0 aromatic carbocycles. The molecular formula is C22H32N4O6. The van der Waals surface area contributed by atoms with Gasteiger partial charge in [-0.2, -0.15) is 0 Å². The molecule has 176 valence electrons. The van der Waals surface area contributed by atoms with Crippen molar-refractivity contribution >= 4 is 23.8 Å². The largest absolute Gasteiger partial charge is 0.506 e. The molecule has 32 heavy (non-hydrogen) atoms. The van der Waals surface area contributed by atoms with E-state index in [1.54, 1.807) is 18.3 Å². The Balaban J connectivity index is 2.03. The molecule has 1 aromatic rings. The number of unbranched alkanes of at least 4 members (excludes halogenated alkanes) is 2. The van der Waals surface area contributed by atoms with E-state index >= 15 is 0 Å². The predicted molar refractivity (Wildman–Crippen MR) is 118 cm³/mol. The van der Waals surface area contributed by atoms with Gasteiger partial charge in [0.15, 0.2) is 0 Å². The van der Waals surface area contributed by atoms with E-state index in [0.29, 0.717) is 63.0 Å². The molecule has 1 aliphatic rings. The van der Waals surface area contributed by atoms with Crippen molar-refractivity contribution in [1.82, 2.24) is 9.47 Å². The molecule has 0 saturated heterocycles. The van der Waals surface area contributed by atoms with Crippen LogP contribution < -0.4 is 11.5 Å². The fourth-order valence-electron chi connectivity index (χ4n) is 3.59. The van der Waals surface area contributed by atoms with Gasteiger partial charge in [0.05, 0.1) is 11.4 Å². The predicted octanol–water partition coefficient (Wildman–Crippen LogP) is 1.49. The zero-order valence-corrected chi connectivity index (χ0v) is 18.2. The first-order valence-corrected chi connectivity index (χ1v) is 10.7. The molecule has 0 unspecified atom stereocenters. The van der Waals surface area contributed by atoms with Gasteiger partial charge in [-0.1, -0.05) is 0 Å². The highest BCUT2D eigenvalue weighted by Gasteiger charge is 2.25. The third-order valence-electron chi connectivity index (χ3n) is 5.51. The number of aromatic hydroxyl groups is 1. The van der Waals surface area contributed by atoms with Crippen LogP contribution in [0.15, 0.2) is 29.7 Å². The van der Waals surface area contributed by atoms with Gasteiger partial charge in [-0.05, 0) is 57.6 Å². The van der Waals surface area contributed by atoms with Gasteiger partial charge in [0.25, 0.3) is 0 Å². The molecule has 0 amide bonds. The number of carbonyl (C=O) groups is 3. The Hall–Kier alpha value is -3.11. The summed E-state index contributed by atoms with van der Waals surface area (Å²) in [6.45, 7) is 2.90. The summed E-state index contributed by atoms with van der Waals surface area (Å²) in [6, 6.07) is -0.238. The van der Waals surface area contributed by atoms with Crippen LogP contribution in [0.3, 0.4) is 0 Å². The minimum Gasteiger partial charge on any atom is -0.506 e. The molecule has 10 nitrogen and oxygen atoms in total. The second-order valence-electron chi connectivity index (χ2n) is 7.99. The summed E-state index contributed by atoms with van der Waals surface area (Å²) >= 11 is 0. The lowest BCUT2D eigenvalue weighted by Gasteiger charge is -2.22. The molecule has 0 aliphatic carbocycles. The van der Waals surface area contributed by atoms with E-state index in [0.717, 1.165) is 5.70 Å². The number of ketones is 1. The summed E-state index contributed by atoms with van der Waals surface area (Å²) in [5.41, 5.74) is 12.8. The number of aromatic nitrogens is 1. The van der Waals surface area contributed by atoms with Crippen molar-refractivity contribution in [2.24, 2.45) is 11.5 Å². The Morgan fingerprint density at radius 3 is 2.16 bits per heavy atom. The van der Waals surface area contributed by atoms with Gasteiger partial charge in [-0.25, -0.2) is 0 Å². The highest BCUT2D eigenvalue weighted by molar-refractivity contribution is 6.09. The number of nitrogens with two attached hydrogens (primary N) is 2. The number of hydrogen-bond donors (Lipinski definition) is 5. The van der Waals surface area contributed by atoms with Gasteiger partial charge < -0.3 is 36.3 Å². The molecule has 1 aromatic heterocycles. The van der Waals surface area contributed by atoms with E-state index in [2.05, 4.69) is 0 Å². The van der Waals surface area contributed by atoms with Crippen molar-refractivity contribution in [3.05, 3.63) is 35.4 Å². The lowest BCUT2D eigenvalue weighted by Crippen LogP contribution is -2.30. The van der Waals surface area contributed by atoms with Gasteiger partial charge in [-0.15, -0.1) is 0 Å². The van der Waals surface area contributed by atoms with E-state index in [9.17, 15) is 19.5 Å². The molecule has 0 bridgehead atoms. The Labute approximate surface area is 186 Å². The average Bonchev–Trinajstić information content (AvgIpc) is 3.21. The van der Waals surface area contributed by atoms with Crippen LogP contribution >= 0.6 is 0 Å². The van der Waals surface area contributed by atoms with Crippen molar-refractivity contribution in [2.45, 2.75) is 64.1 Å². The maximum atomic E-state index is 12.5. The molecule has 1 aliphatic heterocycles. The molecule has 2 atom stereocenters. The Kier molecular flexibility index (Phi) is 9.03. The van der Waals surface area contributed by atoms with Crippen molar-refractivity contribution < 1.29 is 29.7 Å². The van der Waals surface area contributed by atoms with Crippen LogP contribution in [0.1, 0.15) is 51.1 Å². The van der Waals surface area contributed by atoms with Crippen LogP contribution in [-0.4, -0.2) is 61.1 Å². The van der Waals surface area contributed by atoms with Crippen molar-refractivity contribution in [3.8, 4) is 5.75 Å². The molecule has 0 radical (unpaired) electrons. The van der Waals surface area contributed by atoms with Gasteiger partial charge in [0.1, 0.15) is 17.8 Å². The first-order valence-electron chi connectivity index (χ1n) is 10.7. The summed E-state index contributed by atoms with van der Waals surface area (Å²) in [7, 11) is 0. The minimum atomic E-state index is -1.03. The number of nitrogens with zero attached hydrogens (tertiary/aromatic N) is 2. The first-order chi connectivity index (χ1) is 15.1. The molecule has 10 heteroatoms. The molecule has 0 fully saturated rings. The molecule has 0 saturated carbocycles. The number of carboxylic acids is 2. The maximum absolute atomic E-state index is 12.5. The third kappa shape index (κ3) is 6.69. The highest BCUT2D eigenvalue weighted by Crippen LogP contribution is 2.29. The number of allylic oxidation sites excluding steroid dienone is 2. The number of rotatable bonds is 13. The standard InChI is InChI=1S/C22H32N4O6/c1-14-12-20(28)18(26(14)10-5-3-7-16(24)22(31)32)13-17-19(27)8-11-25(17)9-4-2-6-15(23)21(29)30/h8,11-13,15-16,27H,2-7,9-10,23-24H2,1H3,(H,29,30)(H,31,32)/b18-13+/t15-,16-/m0/s1.